The van der Waals surface area contributed by atoms with Gasteiger partial charge in [-0.1, -0.05) is 36.4 Å². The lowest BCUT2D eigenvalue weighted by Gasteiger charge is -2.06. The van der Waals surface area contributed by atoms with Crippen molar-refractivity contribution in [3.8, 4) is 31.5 Å². The lowest BCUT2D eigenvalue weighted by Crippen LogP contribution is -1.88. The molecular weight excluding hydrogens is 308 g/mol. The van der Waals surface area contributed by atoms with Crippen LogP contribution < -0.4 is 0 Å². The molecule has 1 aromatic carbocycles. The van der Waals surface area contributed by atoms with Crippen LogP contribution in [0.2, 0.25) is 0 Å². The second kappa shape index (κ2) is 5.83. The van der Waals surface area contributed by atoms with Crippen molar-refractivity contribution >= 4 is 22.7 Å². The first-order chi connectivity index (χ1) is 10.9. The summed E-state index contributed by atoms with van der Waals surface area (Å²) in [5, 5.41) is 2.11. The largest absolute Gasteiger partial charge is 0.244 e. The van der Waals surface area contributed by atoms with Gasteiger partial charge in [-0.05, 0) is 29.1 Å². The van der Waals surface area contributed by atoms with E-state index in [2.05, 4.69) is 51.7 Å². The van der Waals surface area contributed by atoms with Crippen LogP contribution >= 0.6 is 22.7 Å². The smallest absolute Gasteiger partial charge is 0.116 e. The second-order valence-electron chi connectivity index (χ2n) is 4.79. The quantitative estimate of drug-likeness (QED) is 0.491. The molecule has 0 aliphatic carbocycles. The van der Waals surface area contributed by atoms with Crippen LogP contribution in [0, 0.1) is 0 Å². The molecule has 0 aliphatic rings. The van der Waals surface area contributed by atoms with Crippen molar-refractivity contribution in [3.05, 3.63) is 72.5 Å². The minimum atomic E-state index is 0.994. The average Bonchev–Trinajstić information content (AvgIpc) is 3.27. The van der Waals surface area contributed by atoms with Gasteiger partial charge in [-0.2, -0.15) is 0 Å². The van der Waals surface area contributed by atoms with E-state index in [0.717, 1.165) is 16.8 Å². The fourth-order valence-corrected chi connectivity index (χ4v) is 4.22. The van der Waals surface area contributed by atoms with E-state index in [4.69, 9.17) is 0 Å². The van der Waals surface area contributed by atoms with Crippen LogP contribution in [0.1, 0.15) is 0 Å². The van der Waals surface area contributed by atoms with Gasteiger partial charge in [0.15, 0.2) is 0 Å². The summed E-state index contributed by atoms with van der Waals surface area (Å²) in [5.74, 6) is 0. The fourth-order valence-electron chi connectivity index (χ4n) is 2.37. The van der Waals surface area contributed by atoms with Gasteiger partial charge in [0.2, 0.25) is 0 Å². The molecule has 0 fully saturated rings. The Morgan fingerprint density at radius 1 is 0.773 bits per heavy atom. The minimum absolute atomic E-state index is 0.994. The first kappa shape index (κ1) is 13.4. The molecule has 4 heteroatoms. The predicted octanol–water partition coefficient (Wildman–Crippen LogP) is 5.60. The minimum Gasteiger partial charge on any atom is -0.244 e. The highest BCUT2D eigenvalue weighted by Crippen LogP contribution is 2.38. The number of benzene rings is 1. The molecule has 22 heavy (non-hydrogen) atoms. The Bertz CT molecular complexity index is 880. The zero-order chi connectivity index (χ0) is 14.8. The topological polar surface area (TPSA) is 25.8 Å². The zero-order valence-corrected chi connectivity index (χ0v) is 13.3. The van der Waals surface area contributed by atoms with Crippen LogP contribution in [0.4, 0.5) is 0 Å². The lowest BCUT2D eigenvalue weighted by molar-refractivity contribution is 1.18. The van der Waals surface area contributed by atoms with Crippen molar-refractivity contribution in [1.82, 2.24) is 9.97 Å². The van der Waals surface area contributed by atoms with Crippen LogP contribution in [0.5, 0.6) is 0 Å². The van der Waals surface area contributed by atoms with Gasteiger partial charge in [0.25, 0.3) is 0 Å². The molecule has 0 saturated heterocycles. The Kier molecular flexibility index (Phi) is 3.54. The van der Waals surface area contributed by atoms with Gasteiger partial charge in [-0.3, -0.25) is 0 Å². The normalized spacial score (nSPS) is 10.7. The van der Waals surface area contributed by atoms with Crippen molar-refractivity contribution in [2.45, 2.75) is 0 Å². The Morgan fingerprint density at radius 2 is 1.64 bits per heavy atom. The van der Waals surface area contributed by atoms with Crippen molar-refractivity contribution in [2.75, 3.05) is 0 Å². The highest BCUT2D eigenvalue weighted by atomic mass is 32.1. The molecule has 0 bridgehead atoms. The fraction of sp³-hybridized carbons (Fsp3) is 0. The number of thiophene rings is 2. The van der Waals surface area contributed by atoms with Crippen LogP contribution in [0.25, 0.3) is 31.5 Å². The third kappa shape index (κ3) is 2.47. The molecule has 0 amide bonds. The standard InChI is InChI=1S/C18H12N2S2/c1-2-5-13(6-3-1)14-11-19-12-20-18(14)17-9-8-16(22-17)15-7-4-10-21-15/h1-12H. The molecule has 3 aromatic heterocycles. The van der Waals surface area contributed by atoms with Crippen molar-refractivity contribution in [3.63, 3.8) is 0 Å². The summed E-state index contributed by atoms with van der Waals surface area (Å²) >= 11 is 3.54. The molecule has 0 aliphatic heterocycles. The molecule has 2 nitrogen and oxygen atoms in total. The van der Waals surface area contributed by atoms with E-state index in [9.17, 15) is 0 Å². The third-order valence-corrected chi connectivity index (χ3v) is 5.56. The van der Waals surface area contributed by atoms with Gasteiger partial charge < -0.3 is 0 Å². The van der Waals surface area contributed by atoms with Crippen molar-refractivity contribution < 1.29 is 0 Å². The van der Waals surface area contributed by atoms with Gasteiger partial charge in [0.1, 0.15) is 6.33 Å². The van der Waals surface area contributed by atoms with Gasteiger partial charge in [0, 0.05) is 21.5 Å². The molecule has 4 aromatic rings. The van der Waals surface area contributed by atoms with Gasteiger partial charge in [-0.25, -0.2) is 9.97 Å². The molecule has 0 atom stereocenters. The van der Waals surface area contributed by atoms with E-state index in [-0.39, 0.29) is 0 Å². The van der Waals surface area contributed by atoms with Crippen LogP contribution in [0.3, 0.4) is 0 Å². The molecule has 106 valence electrons. The predicted molar refractivity (Wildman–Crippen MR) is 94.1 cm³/mol. The maximum atomic E-state index is 4.52. The number of hydrogen-bond donors (Lipinski definition) is 0. The molecule has 4 rings (SSSR count). The molecule has 0 radical (unpaired) electrons. The van der Waals surface area contributed by atoms with E-state index >= 15 is 0 Å². The summed E-state index contributed by atoms with van der Waals surface area (Å²) in [6.45, 7) is 0. The Morgan fingerprint density at radius 3 is 2.45 bits per heavy atom. The van der Waals surface area contributed by atoms with Gasteiger partial charge >= 0.3 is 0 Å². The van der Waals surface area contributed by atoms with E-state index in [1.54, 1.807) is 29.0 Å². The summed E-state index contributed by atoms with van der Waals surface area (Å²) < 4.78 is 0. The molecule has 0 saturated carbocycles. The Balaban J connectivity index is 1.81. The summed E-state index contributed by atoms with van der Waals surface area (Å²) in [5.41, 5.74) is 3.21. The van der Waals surface area contributed by atoms with E-state index in [1.165, 1.54) is 14.6 Å². The number of rotatable bonds is 3. The van der Waals surface area contributed by atoms with Gasteiger partial charge in [0.05, 0.1) is 10.6 Å². The highest BCUT2D eigenvalue weighted by molar-refractivity contribution is 7.23. The van der Waals surface area contributed by atoms with Gasteiger partial charge in [-0.15, -0.1) is 22.7 Å². The Labute approximate surface area is 136 Å². The van der Waals surface area contributed by atoms with Crippen molar-refractivity contribution in [2.24, 2.45) is 0 Å². The second-order valence-corrected chi connectivity index (χ2v) is 6.82. The average molecular weight is 320 g/mol. The first-order valence-electron chi connectivity index (χ1n) is 6.91. The summed E-state index contributed by atoms with van der Waals surface area (Å²) in [6, 6.07) is 18.8. The van der Waals surface area contributed by atoms with E-state index in [0.29, 0.717) is 0 Å². The highest BCUT2D eigenvalue weighted by Gasteiger charge is 2.12. The van der Waals surface area contributed by atoms with E-state index in [1.807, 2.05) is 24.4 Å². The maximum Gasteiger partial charge on any atom is 0.116 e. The third-order valence-electron chi connectivity index (χ3n) is 3.40. The maximum absolute atomic E-state index is 4.52. The molecule has 3 heterocycles. The van der Waals surface area contributed by atoms with Crippen molar-refractivity contribution in [1.29, 1.82) is 0 Å². The SMILES string of the molecule is c1ccc(-c2cncnc2-c2ccc(-c3cccs3)s2)cc1. The summed E-state index contributed by atoms with van der Waals surface area (Å²) in [4.78, 5) is 12.5. The first-order valence-corrected chi connectivity index (χ1v) is 8.61. The molecule has 0 spiro atoms. The van der Waals surface area contributed by atoms with Crippen LogP contribution in [0.15, 0.2) is 72.5 Å². The lowest BCUT2D eigenvalue weighted by atomic mass is 10.1. The summed E-state index contributed by atoms with van der Waals surface area (Å²) in [6.07, 6.45) is 3.51. The molecule has 0 unspecified atom stereocenters. The monoisotopic (exact) mass is 320 g/mol. The molecular formula is C18H12N2S2. The molecule has 0 N–H and O–H groups in total. The number of aromatic nitrogens is 2. The van der Waals surface area contributed by atoms with Crippen LogP contribution in [-0.4, -0.2) is 9.97 Å². The number of nitrogens with zero attached hydrogens (tertiary/aromatic N) is 2. The van der Waals surface area contributed by atoms with E-state index < -0.39 is 0 Å². The van der Waals surface area contributed by atoms with Crippen LogP contribution in [-0.2, 0) is 0 Å². The summed E-state index contributed by atoms with van der Waals surface area (Å²) in [7, 11) is 0. The zero-order valence-electron chi connectivity index (χ0n) is 11.6. The Hall–Kier alpha value is -2.30. The number of hydrogen-bond acceptors (Lipinski definition) is 4.